The van der Waals surface area contributed by atoms with Crippen molar-refractivity contribution in [2.45, 2.75) is 12.3 Å². The standard InChI is InChI=1S/C20H15BrF2/c21-20-9-5-4-8-15(20)12-19(14-6-2-1-3-7-14)16-10-17(22)13-18(23)11-16/h1-11,13,19H,12H2. The molecule has 3 rings (SSSR count). The van der Waals surface area contributed by atoms with Crippen LogP contribution in [0.4, 0.5) is 8.78 Å². The van der Waals surface area contributed by atoms with Crippen molar-refractivity contribution in [3.63, 3.8) is 0 Å². The summed E-state index contributed by atoms with van der Waals surface area (Å²) in [6, 6.07) is 21.5. The van der Waals surface area contributed by atoms with Gasteiger partial charge in [0.05, 0.1) is 0 Å². The first-order valence-electron chi connectivity index (χ1n) is 7.38. The van der Waals surface area contributed by atoms with Crippen LogP contribution in [0.5, 0.6) is 0 Å². The molecule has 0 saturated carbocycles. The van der Waals surface area contributed by atoms with Gasteiger partial charge >= 0.3 is 0 Å². The van der Waals surface area contributed by atoms with E-state index < -0.39 is 11.6 Å². The number of benzene rings is 3. The first-order chi connectivity index (χ1) is 11.1. The molecule has 3 heteroatoms. The minimum atomic E-state index is -0.548. The zero-order valence-corrected chi connectivity index (χ0v) is 13.9. The van der Waals surface area contributed by atoms with Crippen molar-refractivity contribution in [1.29, 1.82) is 0 Å². The van der Waals surface area contributed by atoms with Gasteiger partial charge in [0.25, 0.3) is 0 Å². The molecular formula is C20H15BrF2. The second-order valence-electron chi connectivity index (χ2n) is 5.46. The molecule has 0 aliphatic carbocycles. The fourth-order valence-electron chi connectivity index (χ4n) is 2.77. The van der Waals surface area contributed by atoms with Crippen molar-refractivity contribution < 1.29 is 8.78 Å². The van der Waals surface area contributed by atoms with Crippen molar-refractivity contribution in [2.24, 2.45) is 0 Å². The van der Waals surface area contributed by atoms with Crippen LogP contribution >= 0.6 is 15.9 Å². The molecule has 0 aliphatic rings. The van der Waals surface area contributed by atoms with Gasteiger partial charge in [0.15, 0.2) is 0 Å². The van der Waals surface area contributed by atoms with Crippen LogP contribution in [-0.4, -0.2) is 0 Å². The summed E-state index contributed by atoms with van der Waals surface area (Å²) < 4.78 is 28.3. The Morgan fingerprint density at radius 3 is 2.00 bits per heavy atom. The van der Waals surface area contributed by atoms with Crippen molar-refractivity contribution >= 4 is 15.9 Å². The van der Waals surface area contributed by atoms with E-state index in [1.807, 2.05) is 54.6 Å². The lowest BCUT2D eigenvalue weighted by atomic mass is 9.86. The summed E-state index contributed by atoms with van der Waals surface area (Å²) in [4.78, 5) is 0. The molecule has 116 valence electrons. The molecule has 0 amide bonds. The van der Waals surface area contributed by atoms with Gasteiger partial charge in [-0.05, 0) is 41.3 Å². The van der Waals surface area contributed by atoms with Gasteiger partial charge in [-0.15, -0.1) is 0 Å². The Morgan fingerprint density at radius 1 is 0.739 bits per heavy atom. The smallest absolute Gasteiger partial charge is 0.126 e. The maximum Gasteiger partial charge on any atom is 0.126 e. The second-order valence-corrected chi connectivity index (χ2v) is 6.32. The predicted molar refractivity (Wildman–Crippen MR) is 92.5 cm³/mol. The van der Waals surface area contributed by atoms with Gasteiger partial charge in [0.2, 0.25) is 0 Å². The van der Waals surface area contributed by atoms with Gasteiger partial charge in [0, 0.05) is 16.5 Å². The van der Waals surface area contributed by atoms with Gasteiger partial charge in [-0.25, -0.2) is 8.78 Å². The number of halogens is 3. The van der Waals surface area contributed by atoms with Crippen molar-refractivity contribution in [3.8, 4) is 0 Å². The molecule has 1 unspecified atom stereocenters. The molecule has 1 atom stereocenters. The van der Waals surface area contributed by atoms with Gasteiger partial charge in [0.1, 0.15) is 11.6 Å². The zero-order valence-electron chi connectivity index (χ0n) is 12.3. The van der Waals surface area contributed by atoms with E-state index in [2.05, 4.69) is 15.9 Å². The van der Waals surface area contributed by atoms with Gasteiger partial charge in [-0.1, -0.05) is 64.5 Å². The van der Waals surface area contributed by atoms with Crippen LogP contribution in [0.25, 0.3) is 0 Å². The predicted octanol–water partition coefficient (Wildman–Crippen LogP) is 6.10. The van der Waals surface area contributed by atoms with E-state index in [4.69, 9.17) is 0 Å². The average molecular weight is 373 g/mol. The van der Waals surface area contributed by atoms with Crippen LogP contribution in [0, 0.1) is 11.6 Å². The highest BCUT2D eigenvalue weighted by atomic mass is 79.9. The van der Waals surface area contributed by atoms with Crippen molar-refractivity contribution in [3.05, 3.63) is 106 Å². The van der Waals surface area contributed by atoms with Gasteiger partial charge in [-0.2, -0.15) is 0 Å². The highest BCUT2D eigenvalue weighted by Crippen LogP contribution is 2.31. The monoisotopic (exact) mass is 372 g/mol. The lowest BCUT2D eigenvalue weighted by molar-refractivity contribution is 0.576. The third-order valence-corrected chi connectivity index (χ3v) is 4.64. The quantitative estimate of drug-likeness (QED) is 0.518. The molecule has 0 nitrogen and oxygen atoms in total. The Balaban J connectivity index is 2.06. The number of hydrogen-bond acceptors (Lipinski definition) is 0. The summed E-state index contributed by atoms with van der Waals surface area (Å²) in [7, 11) is 0. The topological polar surface area (TPSA) is 0 Å². The molecule has 0 bridgehead atoms. The molecule has 0 spiro atoms. The molecule has 0 heterocycles. The average Bonchev–Trinajstić information content (AvgIpc) is 2.54. The minimum Gasteiger partial charge on any atom is -0.207 e. The lowest BCUT2D eigenvalue weighted by Gasteiger charge is -2.19. The summed E-state index contributed by atoms with van der Waals surface area (Å²) in [6.07, 6.45) is 0.661. The highest BCUT2D eigenvalue weighted by Gasteiger charge is 2.17. The fourth-order valence-corrected chi connectivity index (χ4v) is 3.22. The molecule has 0 radical (unpaired) electrons. The van der Waals surface area contributed by atoms with Gasteiger partial charge < -0.3 is 0 Å². The summed E-state index contributed by atoms with van der Waals surface area (Å²) >= 11 is 3.55. The summed E-state index contributed by atoms with van der Waals surface area (Å²) in [6.45, 7) is 0. The molecule has 0 saturated heterocycles. The summed E-state index contributed by atoms with van der Waals surface area (Å²) in [5.41, 5.74) is 2.78. The third-order valence-electron chi connectivity index (χ3n) is 3.87. The van der Waals surface area contributed by atoms with E-state index in [9.17, 15) is 8.78 Å². The van der Waals surface area contributed by atoms with E-state index >= 15 is 0 Å². The first-order valence-corrected chi connectivity index (χ1v) is 8.17. The zero-order chi connectivity index (χ0) is 16.2. The maximum absolute atomic E-state index is 13.7. The van der Waals surface area contributed by atoms with Crippen LogP contribution in [0.3, 0.4) is 0 Å². The third kappa shape index (κ3) is 3.85. The Bertz CT molecular complexity index is 779. The summed E-state index contributed by atoms with van der Waals surface area (Å²) in [5, 5.41) is 0. The van der Waals surface area contributed by atoms with E-state index in [1.165, 1.54) is 12.1 Å². The van der Waals surface area contributed by atoms with Crippen LogP contribution < -0.4 is 0 Å². The SMILES string of the molecule is Fc1cc(F)cc(C(Cc2ccccc2Br)c2ccccc2)c1. The van der Waals surface area contributed by atoms with Crippen molar-refractivity contribution in [1.82, 2.24) is 0 Å². The lowest BCUT2D eigenvalue weighted by Crippen LogP contribution is -2.06. The second kappa shape index (κ2) is 7.05. The molecule has 3 aromatic carbocycles. The van der Waals surface area contributed by atoms with E-state index in [1.54, 1.807) is 0 Å². The first kappa shape index (κ1) is 15.9. The van der Waals surface area contributed by atoms with E-state index in [0.717, 1.165) is 21.7 Å². The largest absolute Gasteiger partial charge is 0.207 e. The fraction of sp³-hybridized carbons (Fsp3) is 0.100. The molecule has 0 fully saturated rings. The molecule has 0 N–H and O–H groups in total. The Hall–Kier alpha value is -2.00. The highest BCUT2D eigenvalue weighted by molar-refractivity contribution is 9.10. The van der Waals surface area contributed by atoms with E-state index in [0.29, 0.717) is 12.0 Å². The Kier molecular flexibility index (Phi) is 4.87. The van der Waals surface area contributed by atoms with Crippen LogP contribution in [-0.2, 0) is 6.42 Å². The molecular weight excluding hydrogens is 358 g/mol. The van der Waals surface area contributed by atoms with Crippen LogP contribution in [0.1, 0.15) is 22.6 Å². The number of hydrogen-bond donors (Lipinski definition) is 0. The van der Waals surface area contributed by atoms with E-state index in [-0.39, 0.29) is 5.92 Å². The van der Waals surface area contributed by atoms with Crippen molar-refractivity contribution in [2.75, 3.05) is 0 Å². The minimum absolute atomic E-state index is 0.111. The Labute approximate surface area is 142 Å². The van der Waals surface area contributed by atoms with Gasteiger partial charge in [-0.3, -0.25) is 0 Å². The van der Waals surface area contributed by atoms with Crippen LogP contribution in [0.15, 0.2) is 77.3 Å². The Morgan fingerprint density at radius 2 is 1.35 bits per heavy atom. The normalized spacial score (nSPS) is 12.1. The molecule has 0 aliphatic heterocycles. The molecule has 23 heavy (non-hydrogen) atoms. The maximum atomic E-state index is 13.7. The molecule has 3 aromatic rings. The van der Waals surface area contributed by atoms with Crippen LogP contribution in [0.2, 0.25) is 0 Å². The summed E-state index contributed by atoms with van der Waals surface area (Å²) in [5.74, 6) is -1.21. The molecule has 0 aromatic heterocycles. The number of rotatable bonds is 4.